The Morgan fingerprint density at radius 3 is 2.84 bits per heavy atom. The lowest BCUT2D eigenvalue weighted by atomic mass is 10.2. The molecule has 0 fully saturated rings. The summed E-state index contributed by atoms with van der Waals surface area (Å²) >= 11 is 0. The Labute approximate surface area is 117 Å². The van der Waals surface area contributed by atoms with Crippen LogP contribution in [0.4, 0.5) is 0 Å². The lowest BCUT2D eigenvalue weighted by molar-refractivity contribution is 0.108. The number of ether oxygens (including phenoxy) is 1. The Morgan fingerprint density at radius 1 is 1.47 bits per heavy atom. The van der Waals surface area contributed by atoms with Gasteiger partial charge in [0.1, 0.15) is 18.1 Å². The molecule has 1 aromatic rings. The fourth-order valence-corrected chi connectivity index (χ4v) is 1.75. The average molecular weight is 265 g/mol. The van der Waals surface area contributed by atoms with Crippen LogP contribution >= 0.6 is 0 Å². The van der Waals surface area contributed by atoms with E-state index < -0.39 is 0 Å². The topological polar surface area (TPSA) is 34.4 Å². The van der Waals surface area contributed by atoms with E-state index in [-0.39, 0.29) is 0 Å². The third-order valence-electron chi connectivity index (χ3n) is 2.86. The first-order valence-corrected chi connectivity index (χ1v) is 7.00. The van der Waals surface area contributed by atoms with Crippen molar-refractivity contribution in [1.29, 1.82) is 0 Å². The van der Waals surface area contributed by atoms with Crippen molar-refractivity contribution in [2.24, 2.45) is 5.92 Å². The molecular weight excluding hydrogens is 238 g/mol. The molecule has 1 heterocycles. The molecule has 0 bridgehead atoms. The van der Waals surface area contributed by atoms with Gasteiger partial charge in [-0.2, -0.15) is 0 Å². The van der Waals surface area contributed by atoms with Gasteiger partial charge in [-0.15, -0.1) is 6.58 Å². The molecule has 0 aliphatic rings. The summed E-state index contributed by atoms with van der Waals surface area (Å²) in [7, 11) is 0. The van der Waals surface area contributed by atoms with E-state index >= 15 is 0 Å². The van der Waals surface area contributed by atoms with Gasteiger partial charge in [0.05, 0.1) is 6.61 Å². The second-order valence-corrected chi connectivity index (χ2v) is 5.58. The zero-order valence-corrected chi connectivity index (χ0v) is 12.7. The zero-order valence-electron chi connectivity index (χ0n) is 12.7. The first-order chi connectivity index (χ1) is 8.99. The van der Waals surface area contributed by atoms with E-state index in [2.05, 4.69) is 31.8 Å². The number of hydrogen-bond acceptors (Lipinski definition) is 3. The van der Waals surface area contributed by atoms with Crippen LogP contribution in [0.25, 0.3) is 0 Å². The van der Waals surface area contributed by atoms with E-state index in [1.54, 1.807) is 0 Å². The molecule has 0 saturated carbocycles. The predicted molar refractivity (Wildman–Crippen MR) is 79.1 cm³/mol. The Balaban J connectivity index is 2.34. The summed E-state index contributed by atoms with van der Waals surface area (Å²) in [4.78, 5) is 0. The van der Waals surface area contributed by atoms with Crippen LogP contribution in [0.15, 0.2) is 22.6 Å². The van der Waals surface area contributed by atoms with Crippen molar-refractivity contribution < 1.29 is 9.15 Å². The first-order valence-electron chi connectivity index (χ1n) is 7.00. The third-order valence-corrected chi connectivity index (χ3v) is 2.86. The predicted octanol–water partition coefficient (Wildman–Crippen LogP) is 3.82. The van der Waals surface area contributed by atoms with Crippen molar-refractivity contribution in [2.75, 3.05) is 13.2 Å². The minimum Gasteiger partial charge on any atom is -0.464 e. The highest BCUT2D eigenvalue weighted by Crippen LogP contribution is 2.15. The van der Waals surface area contributed by atoms with Gasteiger partial charge in [0.25, 0.3) is 0 Å². The van der Waals surface area contributed by atoms with E-state index in [1.165, 1.54) is 5.56 Å². The summed E-state index contributed by atoms with van der Waals surface area (Å²) < 4.78 is 11.3. The highest BCUT2D eigenvalue weighted by Gasteiger charge is 2.07. The van der Waals surface area contributed by atoms with Crippen molar-refractivity contribution in [1.82, 2.24) is 5.32 Å². The molecule has 108 valence electrons. The monoisotopic (exact) mass is 265 g/mol. The molecular formula is C16H27NO2. The Hall–Kier alpha value is -1.06. The maximum atomic E-state index is 5.69. The van der Waals surface area contributed by atoms with Gasteiger partial charge in [0, 0.05) is 12.1 Å². The molecule has 0 radical (unpaired) electrons. The standard InChI is InChI=1S/C16H27NO2/c1-12(2)6-7-18-11-16-8-15(14(5)19-16)10-17-9-13(3)4/h8,13,17H,1,6-7,9-11H2,2-5H3. The van der Waals surface area contributed by atoms with Crippen LogP contribution in [0, 0.1) is 12.8 Å². The second kappa shape index (κ2) is 8.18. The van der Waals surface area contributed by atoms with Crippen LogP contribution in [0.1, 0.15) is 44.3 Å². The molecule has 1 rings (SSSR count). The van der Waals surface area contributed by atoms with E-state index in [1.807, 2.05) is 13.8 Å². The number of hydrogen-bond donors (Lipinski definition) is 1. The average Bonchev–Trinajstić information content (AvgIpc) is 2.65. The van der Waals surface area contributed by atoms with Gasteiger partial charge in [-0.05, 0) is 38.8 Å². The third kappa shape index (κ3) is 6.60. The van der Waals surface area contributed by atoms with Crippen LogP contribution in [0.3, 0.4) is 0 Å². The van der Waals surface area contributed by atoms with Crippen LogP contribution in [0.5, 0.6) is 0 Å². The smallest absolute Gasteiger partial charge is 0.130 e. The van der Waals surface area contributed by atoms with Crippen molar-refractivity contribution in [3.05, 3.63) is 35.3 Å². The first kappa shape index (κ1) is 16.0. The Kier molecular flexibility index (Phi) is 6.89. The van der Waals surface area contributed by atoms with Gasteiger partial charge in [-0.25, -0.2) is 0 Å². The van der Waals surface area contributed by atoms with Gasteiger partial charge in [-0.1, -0.05) is 19.4 Å². The molecule has 1 N–H and O–H groups in total. The van der Waals surface area contributed by atoms with Gasteiger partial charge >= 0.3 is 0 Å². The van der Waals surface area contributed by atoms with Crippen molar-refractivity contribution in [2.45, 2.75) is 47.3 Å². The number of furan rings is 1. The molecule has 1 aromatic heterocycles. The molecule has 0 aromatic carbocycles. The molecule has 0 amide bonds. The minimum atomic E-state index is 0.540. The van der Waals surface area contributed by atoms with E-state index in [9.17, 15) is 0 Å². The van der Waals surface area contributed by atoms with Crippen LogP contribution in [-0.2, 0) is 17.9 Å². The maximum Gasteiger partial charge on any atom is 0.130 e. The summed E-state index contributed by atoms with van der Waals surface area (Å²) in [5.41, 5.74) is 2.37. The van der Waals surface area contributed by atoms with Crippen LogP contribution in [-0.4, -0.2) is 13.2 Å². The number of rotatable bonds is 9. The maximum absolute atomic E-state index is 5.69. The largest absolute Gasteiger partial charge is 0.464 e. The van der Waals surface area contributed by atoms with E-state index in [0.29, 0.717) is 19.1 Å². The fraction of sp³-hybridized carbons (Fsp3) is 0.625. The lowest BCUT2D eigenvalue weighted by Crippen LogP contribution is -2.18. The van der Waals surface area contributed by atoms with Gasteiger partial charge in [0.15, 0.2) is 0 Å². The molecule has 3 heteroatoms. The molecule has 19 heavy (non-hydrogen) atoms. The highest BCUT2D eigenvalue weighted by atomic mass is 16.5. The summed E-state index contributed by atoms with van der Waals surface area (Å²) in [6.45, 7) is 15.4. The lowest BCUT2D eigenvalue weighted by Gasteiger charge is -2.05. The quantitative estimate of drug-likeness (QED) is 0.544. The molecule has 0 saturated heterocycles. The van der Waals surface area contributed by atoms with Crippen LogP contribution in [0.2, 0.25) is 0 Å². The van der Waals surface area contributed by atoms with E-state index in [0.717, 1.165) is 36.6 Å². The molecule has 0 atom stereocenters. The van der Waals surface area contributed by atoms with Gasteiger partial charge < -0.3 is 14.5 Å². The van der Waals surface area contributed by atoms with Crippen molar-refractivity contribution in [3.63, 3.8) is 0 Å². The molecule has 3 nitrogen and oxygen atoms in total. The summed E-state index contributed by atoms with van der Waals surface area (Å²) in [5, 5.41) is 3.43. The molecule has 0 unspecified atom stereocenters. The Morgan fingerprint density at radius 2 is 2.21 bits per heavy atom. The van der Waals surface area contributed by atoms with E-state index in [4.69, 9.17) is 9.15 Å². The normalized spacial score (nSPS) is 11.2. The molecule has 0 aliphatic heterocycles. The number of aryl methyl sites for hydroxylation is 1. The van der Waals surface area contributed by atoms with Crippen molar-refractivity contribution >= 4 is 0 Å². The number of nitrogens with one attached hydrogen (secondary N) is 1. The van der Waals surface area contributed by atoms with Gasteiger partial charge in [-0.3, -0.25) is 0 Å². The summed E-state index contributed by atoms with van der Waals surface area (Å²) in [5.74, 6) is 2.55. The summed E-state index contributed by atoms with van der Waals surface area (Å²) in [6, 6.07) is 2.09. The Bertz CT molecular complexity index is 393. The summed E-state index contributed by atoms with van der Waals surface area (Å²) in [6.07, 6.45) is 0.905. The van der Waals surface area contributed by atoms with Crippen LogP contribution < -0.4 is 5.32 Å². The zero-order chi connectivity index (χ0) is 14.3. The molecule has 0 aliphatic carbocycles. The second-order valence-electron chi connectivity index (χ2n) is 5.58. The molecule has 0 spiro atoms. The highest BCUT2D eigenvalue weighted by molar-refractivity contribution is 5.20. The SMILES string of the molecule is C=C(C)CCOCc1cc(CNCC(C)C)c(C)o1. The van der Waals surface area contributed by atoms with Crippen molar-refractivity contribution in [3.8, 4) is 0 Å². The minimum absolute atomic E-state index is 0.540. The van der Waals surface area contributed by atoms with Gasteiger partial charge in [0.2, 0.25) is 0 Å². The fourth-order valence-electron chi connectivity index (χ4n) is 1.75.